The zero-order valence-corrected chi connectivity index (χ0v) is 11.2. The van der Waals surface area contributed by atoms with E-state index in [4.69, 9.17) is 16.7 Å². The van der Waals surface area contributed by atoms with Gasteiger partial charge in [0.15, 0.2) is 0 Å². The second kappa shape index (κ2) is 5.35. The quantitative estimate of drug-likeness (QED) is 0.854. The number of halogens is 1. The van der Waals surface area contributed by atoms with Gasteiger partial charge in [-0.3, -0.25) is 9.59 Å². The lowest BCUT2D eigenvalue weighted by Crippen LogP contribution is -2.48. The monoisotopic (exact) mass is 270 g/mol. The summed E-state index contributed by atoms with van der Waals surface area (Å²) < 4.78 is 0. The third-order valence-corrected chi connectivity index (χ3v) is 2.49. The highest BCUT2D eigenvalue weighted by molar-refractivity contribution is 6.29. The number of nitrogens with zero attached hydrogens (tertiary/aromatic N) is 2. The van der Waals surface area contributed by atoms with Crippen LogP contribution in [-0.4, -0.2) is 39.0 Å². The van der Waals surface area contributed by atoms with Crippen molar-refractivity contribution in [3.63, 3.8) is 0 Å². The van der Waals surface area contributed by atoms with Crippen LogP contribution in [0.3, 0.4) is 0 Å². The first kappa shape index (κ1) is 14.4. The van der Waals surface area contributed by atoms with Crippen molar-refractivity contribution in [2.24, 2.45) is 0 Å². The molecule has 0 radical (unpaired) electrons. The number of pyridine rings is 1. The smallest absolute Gasteiger partial charge is 0.323 e. The average molecular weight is 271 g/mol. The fraction of sp³-hybridized carbons (Fsp3) is 0.417. The molecule has 0 bridgehead atoms. The lowest BCUT2D eigenvalue weighted by atomic mass is 10.1. The Balaban J connectivity index is 3.06. The molecule has 0 aromatic carbocycles. The van der Waals surface area contributed by atoms with Crippen LogP contribution in [0.5, 0.6) is 0 Å². The van der Waals surface area contributed by atoms with E-state index in [0.29, 0.717) is 0 Å². The van der Waals surface area contributed by atoms with Gasteiger partial charge in [0, 0.05) is 5.54 Å². The minimum absolute atomic E-state index is 0.138. The third kappa shape index (κ3) is 3.70. The highest BCUT2D eigenvalue weighted by atomic mass is 35.5. The number of carboxylic acid groups (broad SMARTS) is 1. The van der Waals surface area contributed by atoms with E-state index in [1.54, 1.807) is 32.9 Å². The summed E-state index contributed by atoms with van der Waals surface area (Å²) in [5.41, 5.74) is -0.474. The molecule has 0 saturated heterocycles. The Morgan fingerprint density at radius 3 is 2.44 bits per heavy atom. The first-order chi connectivity index (χ1) is 8.21. The second-order valence-electron chi connectivity index (χ2n) is 4.80. The van der Waals surface area contributed by atoms with Gasteiger partial charge in [0.05, 0.1) is 0 Å². The number of amides is 1. The molecule has 0 aliphatic heterocycles. The predicted molar refractivity (Wildman–Crippen MR) is 67.7 cm³/mol. The van der Waals surface area contributed by atoms with E-state index in [9.17, 15) is 9.59 Å². The molecule has 1 aromatic heterocycles. The molecule has 1 heterocycles. The number of aromatic nitrogens is 1. The normalized spacial score (nSPS) is 11.1. The fourth-order valence-corrected chi connectivity index (χ4v) is 1.58. The lowest BCUT2D eigenvalue weighted by Gasteiger charge is -2.34. The molecular formula is C12H15ClN2O3. The summed E-state index contributed by atoms with van der Waals surface area (Å²) in [5, 5.41) is 9.06. The number of hydrogen-bond acceptors (Lipinski definition) is 3. The Bertz CT molecular complexity index is 469. The molecule has 1 aromatic rings. The summed E-state index contributed by atoms with van der Waals surface area (Å²) in [7, 11) is 0. The van der Waals surface area contributed by atoms with Crippen LogP contribution in [0.4, 0.5) is 0 Å². The summed E-state index contributed by atoms with van der Waals surface area (Å²) >= 11 is 5.72. The average Bonchev–Trinajstić information content (AvgIpc) is 2.23. The molecule has 98 valence electrons. The number of carbonyl (C=O) groups excluding carboxylic acids is 1. The first-order valence-corrected chi connectivity index (χ1v) is 5.76. The van der Waals surface area contributed by atoms with Crippen LogP contribution in [0.25, 0.3) is 0 Å². The standard InChI is InChI=1S/C12H15ClN2O3/c1-12(2,3)15(7-10(16)17)11(18)8-5-4-6-9(13)14-8/h4-6H,7H2,1-3H3,(H,16,17). The van der Waals surface area contributed by atoms with Crippen molar-refractivity contribution in [3.05, 3.63) is 29.0 Å². The molecule has 1 rings (SSSR count). The van der Waals surface area contributed by atoms with E-state index in [1.807, 2.05) is 0 Å². The molecule has 1 N–H and O–H groups in total. The van der Waals surface area contributed by atoms with Crippen LogP contribution in [0.2, 0.25) is 5.15 Å². The van der Waals surface area contributed by atoms with E-state index in [0.717, 1.165) is 0 Å². The van der Waals surface area contributed by atoms with E-state index in [1.165, 1.54) is 11.0 Å². The zero-order chi connectivity index (χ0) is 13.9. The zero-order valence-electron chi connectivity index (χ0n) is 10.5. The van der Waals surface area contributed by atoms with Crippen LogP contribution in [0, 0.1) is 0 Å². The number of rotatable bonds is 3. The minimum atomic E-state index is -1.07. The van der Waals surface area contributed by atoms with Crippen molar-refractivity contribution in [2.75, 3.05) is 6.54 Å². The molecule has 6 heteroatoms. The van der Waals surface area contributed by atoms with Gasteiger partial charge in [-0.15, -0.1) is 0 Å². The Kier molecular flexibility index (Phi) is 4.29. The van der Waals surface area contributed by atoms with Gasteiger partial charge in [-0.2, -0.15) is 0 Å². The maximum absolute atomic E-state index is 12.2. The number of carbonyl (C=O) groups is 2. The SMILES string of the molecule is CC(C)(C)N(CC(=O)O)C(=O)c1cccc(Cl)n1. The number of aliphatic carboxylic acids is 1. The summed E-state index contributed by atoms with van der Waals surface area (Å²) in [6.45, 7) is 4.91. The van der Waals surface area contributed by atoms with Crippen molar-refractivity contribution in [2.45, 2.75) is 26.3 Å². The van der Waals surface area contributed by atoms with Crippen molar-refractivity contribution in [3.8, 4) is 0 Å². The molecule has 0 saturated carbocycles. The Morgan fingerprint density at radius 1 is 1.39 bits per heavy atom. The highest BCUT2D eigenvalue weighted by Gasteiger charge is 2.29. The number of carboxylic acids is 1. The van der Waals surface area contributed by atoms with Crippen molar-refractivity contribution in [1.82, 2.24) is 9.88 Å². The van der Waals surface area contributed by atoms with E-state index in [-0.39, 0.29) is 17.4 Å². The fourth-order valence-electron chi connectivity index (χ4n) is 1.41. The van der Waals surface area contributed by atoms with Gasteiger partial charge >= 0.3 is 5.97 Å². The molecule has 0 unspecified atom stereocenters. The molecule has 0 aliphatic rings. The molecule has 18 heavy (non-hydrogen) atoms. The van der Waals surface area contributed by atoms with Crippen molar-refractivity contribution >= 4 is 23.5 Å². The van der Waals surface area contributed by atoms with E-state index in [2.05, 4.69) is 4.98 Å². The van der Waals surface area contributed by atoms with Crippen molar-refractivity contribution in [1.29, 1.82) is 0 Å². The molecule has 0 fully saturated rings. The highest BCUT2D eigenvalue weighted by Crippen LogP contribution is 2.17. The summed E-state index contributed by atoms with van der Waals surface area (Å²) in [5.74, 6) is -1.52. The number of hydrogen-bond donors (Lipinski definition) is 1. The van der Waals surface area contributed by atoms with Crippen LogP contribution in [0.15, 0.2) is 18.2 Å². The lowest BCUT2D eigenvalue weighted by molar-refractivity contribution is -0.138. The molecule has 0 spiro atoms. The molecule has 1 amide bonds. The minimum Gasteiger partial charge on any atom is -0.480 e. The van der Waals surface area contributed by atoms with Gasteiger partial charge in [-0.05, 0) is 32.9 Å². The Hall–Kier alpha value is -1.62. The van der Waals surface area contributed by atoms with Crippen LogP contribution in [-0.2, 0) is 4.79 Å². The molecule has 5 nitrogen and oxygen atoms in total. The topological polar surface area (TPSA) is 70.5 Å². The molecule has 0 atom stereocenters. The van der Waals surface area contributed by atoms with E-state index >= 15 is 0 Å². The van der Waals surface area contributed by atoms with Crippen LogP contribution in [0.1, 0.15) is 31.3 Å². The molecular weight excluding hydrogens is 256 g/mol. The third-order valence-electron chi connectivity index (χ3n) is 2.28. The maximum atomic E-state index is 12.2. The second-order valence-corrected chi connectivity index (χ2v) is 5.19. The Morgan fingerprint density at radius 2 is 2.00 bits per heavy atom. The van der Waals surface area contributed by atoms with Crippen LogP contribution < -0.4 is 0 Å². The summed E-state index contributed by atoms with van der Waals surface area (Å²) in [6, 6.07) is 4.66. The predicted octanol–water partition coefficient (Wildman–Crippen LogP) is 2.06. The van der Waals surface area contributed by atoms with E-state index < -0.39 is 17.4 Å². The van der Waals surface area contributed by atoms with Gasteiger partial charge in [-0.25, -0.2) is 4.98 Å². The molecule has 0 aliphatic carbocycles. The Labute approximate surface area is 110 Å². The first-order valence-electron chi connectivity index (χ1n) is 5.38. The van der Waals surface area contributed by atoms with Gasteiger partial charge in [0.25, 0.3) is 5.91 Å². The summed E-state index contributed by atoms with van der Waals surface area (Å²) in [4.78, 5) is 28.2. The van der Waals surface area contributed by atoms with Crippen molar-refractivity contribution < 1.29 is 14.7 Å². The van der Waals surface area contributed by atoms with Gasteiger partial charge < -0.3 is 10.0 Å². The van der Waals surface area contributed by atoms with Gasteiger partial charge in [0.2, 0.25) is 0 Å². The van der Waals surface area contributed by atoms with Gasteiger partial charge in [0.1, 0.15) is 17.4 Å². The summed E-state index contributed by atoms with van der Waals surface area (Å²) in [6.07, 6.45) is 0. The maximum Gasteiger partial charge on any atom is 0.323 e. The largest absolute Gasteiger partial charge is 0.480 e. The van der Waals surface area contributed by atoms with Crippen LogP contribution >= 0.6 is 11.6 Å². The van der Waals surface area contributed by atoms with Gasteiger partial charge in [-0.1, -0.05) is 17.7 Å².